The molecule has 4 heteroatoms. The average molecular weight is 242 g/mol. The number of hydrogen-bond acceptors (Lipinski definition) is 3. The van der Waals surface area contributed by atoms with Gasteiger partial charge in [-0.15, -0.1) is 0 Å². The number of benzene rings is 1. The standard InChI is InChI=1S/C12H16ClNO2/c13-11-7-9(16)1-2-10(11)12(14)5-3-8(15)4-6-12/h1-2,7-8,15-16H,3-6,14H2. The fraction of sp³-hybridized carbons (Fsp3) is 0.500. The fourth-order valence-corrected chi connectivity index (χ4v) is 2.66. The molecule has 4 N–H and O–H groups in total. The van der Waals surface area contributed by atoms with Crippen LogP contribution in [0.3, 0.4) is 0 Å². The summed E-state index contributed by atoms with van der Waals surface area (Å²) in [5.74, 6) is 0.146. The number of nitrogens with two attached hydrogens (primary N) is 1. The fourth-order valence-electron chi connectivity index (χ4n) is 2.29. The van der Waals surface area contributed by atoms with Gasteiger partial charge in [-0.1, -0.05) is 17.7 Å². The largest absolute Gasteiger partial charge is 0.508 e. The van der Waals surface area contributed by atoms with E-state index in [0.717, 1.165) is 18.4 Å². The maximum atomic E-state index is 9.47. The maximum Gasteiger partial charge on any atom is 0.117 e. The third-order valence-electron chi connectivity index (χ3n) is 3.34. The predicted molar refractivity (Wildman–Crippen MR) is 63.5 cm³/mol. The third kappa shape index (κ3) is 2.17. The molecule has 0 atom stereocenters. The molecule has 0 spiro atoms. The molecule has 1 aromatic rings. The van der Waals surface area contributed by atoms with Crippen molar-refractivity contribution >= 4 is 11.6 Å². The second-order valence-corrected chi connectivity index (χ2v) is 4.96. The maximum absolute atomic E-state index is 9.47. The minimum Gasteiger partial charge on any atom is -0.508 e. The third-order valence-corrected chi connectivity index (χ3v) is 3.65. The highest BCUT2D eigenvalue weighted by Gasteiger charge is 2.34. The van der Waals surface area contributed by atoms with Crippen molar-refractivity contribution in [2.45, 2.75) is 37.3 Å². The van der Waals surface area contributed by atoms with Gasteiger partial charge in [0.25, 0.3) is 0 Å². The van der Waals surface area contributed by atoms with Gasteiger partial charge in [-0.3, -0.25) is 0 Å². The van der Waals surface area contributed by atoms with Gasteiger partial charge in [0.2, 0.25) is 0 Å². The number of aliphatic hydroxyl groups is 1. The first-order valence-corrected chi connectivity index (χ1v) is 5.85. The van der Waals surface area contributed by atoms with E-state index in [4.69, 9.17) is 17.3 Å². The Morgan fingerprint density at radius 1 is 1.31 bits per heavy atom. The van der Waals surface area contributed by atoms with E-state index in [1.807, 2.05) is 0 Å². The average Bonchev–Trinajstić information content (AvgIpc) is 2.22. The van der Waals surface area contributed by atoms with Gasteiger partial charge >= 0.3 is 0 Å². The second kappa shape index (κ2) is 4.24. The van der Waals surface area contributed by atoms with Crippen molar-refractivity contribution in [2.24, 2.45) is 5.73 Å². The molecule has 2 rings (SSSR count). The van der Waals surface area contributed by atoms with Gasteiger partial charge in [-0.05, 0) is 43.4 Å². The molecule has 16 heavy (non-hydrogen) atoms. The second-order valence-electron chi connectivity index (χ2n) is 4.55. The molecule has 0 heterocycles. The van der Waals surface area contributed by atoms with Gasteiger partial charge in [0.05, 0.1) is 6.10 Å². The first kappa shape index (κ1) is 11.7. The lowest BCUT2D eigenvalue weighted by atomic mass is 9.76. The number of phenolic OH excluding ortho intramolecular Hbond substituents is 1. The zero-order valence-corrected chi connectivity index (χ0v) is 9.74. The Kier molecular flexibility index (Phi) is 3.10. The van der Waals surface area contributed by atoms with E-state index in [-0.39, 0.29) is 11.9 Å². The van der Waals surface area contributed by atoms with E-state index in [1.165, 1.54) is 6.07 Å². The van der Waals surface area contributed by atoms with Crippen LogP contribution < -0.4 is 5.73 Å². The summed E-state index contributed by atoms with van der Waals surface area (Å²) in [6.45, 7) is 0. The lowest BCUT2D eigenvalue weighted by molar-refractivity contribution is 0.0969. The van der Waals surface area contributed by atoms with Crippen molar-refractivity contribution in [1.29, 1.82) is 0 Å². The Hall–Kier alpha value is -0.770. The number of phenols is 1. The molecule has 0 bridgehead atoms. The topological polar surface area (TPSA) is 66.5 Å². The van der Waals surface area contributed by atoms with Crippen LogP contribution >= 0.6 is 11.6 Å². The molecule has 0 radical (unpaired) electrons. The van der Waals surface area contributed by atoms with E-state index < -0.39 is 5.54 Å². The first-order chi connectivity index (χ1) is 7.51. The molecule has 1 aliphatic rings. The predicted octanol–water partition coefficient (Wildman–Crippen LogP) is 2.13. The minimum atomic E-state index is -0.468. The van der Waals surface area contributed by atoms with Crippen LogP contribution in [-0.2, 0) is 5.54 Å². The molecular formula is C12H16ClNO2. The van der Waals surface area contributed by atoms with Crippen molar-refractivity contribution in [1.82, 2.24) is 0 Å². The van der Waals surface area contributed by atoms with E-state index >= 15 is 0 Å². The molecule has 88 valence electrons. The lowest BCUT2D eigenvalue weighted by Crippen LogP contribution is -2.41. The highest BCUT2D eigenvalue weighted by molar-refractivity contribution is 6.31. The van der Waals surface area contributed by atoms with Gasteiger partial charge < -0.3 is 15.9 Å². The van der Waals surface area contributed by atoms with Crippen LogP contribution in [-0.4, -0.2) is 16.3 Å². The highest BCUT2D eigenvalue weighted by Crippen LogP contribution is 2.39. The van der Waals surface area contributed by atoms with Crippen molar-refractivity contribution in [3.8, 4) is 5.75 Å². The Labute approximate surface area is 99.8 Å². The molecule has 1 aromatic carbocycles. The summed E-state index contributed by atoms with van der Waals surface area (Å²) >= 11 is 6.09. The molecular weight excluding hydrogens is 226 g/mol. The van der Waals surface area contributed by atoms with Crippen LogP contribution in [0.15, 0.2) is 18.2 Å². The Balaban J connectivity index is 2.29. The van der Waals surface area contributed by atoms with Crippen LogP contribution in [0.2, 0.25) is 5.02 Å². The molecule has 0 amide bonds. The van der Waals surface area contributed by atoms with Gasteiger partial charge in [-0.2, -0.15) is 0 Å². The molecule has 1 aliphatic carbocycles. The van der Waals surface area contributed by atoms with Gasteiger partial charge in [0, 0.05) is 10.6 Å². The Morgan fingerprint density at radius 3 is 2.50 bits per heavy atom. The van der Waals surface area contributed by atoms with Crippen molar-refractivity contribution in [3.05, 3.63) is 28.8 Å². The molecule has 0 aliphatic heterocycles. The number of halogens is 1. The summed E-state index contributed by atoms with van der Waals surface area (Å²) < 4.78 is 0. The zero-order chi connectivity index (χ0) is 11.8. The smallest absolute Gasteiger partial charge is 0.117 e. The molecule has 0 aromatic heterocycles. The monoisotopic (exact) mass is 241 g/mol. The van der Waals surface area contributed by atoms with Crippen LogP contribution in [0.4, 0.5) is 0 Å². The van der Waals surface area contributed by atoms with E-state index in [1.54, 1.807) is 12.1 Å². The van der Waals surface area contributed by atoms with Gasteiger partial charge in [-0.25, -0.2) is 0 Å². The van der Waals surface area contributed by atoms with E-state index in [9.17, 15) is 10.2 Å². The molecule has 0 saturated heterocycles. The summed E-state index contributed by atoms with van der Waals surface area (Å²) in [5.41, 5.74) is 6.71. The number of aromatic hydroxyl groups is 1. The van der Waals surface area contributed by atoms with Crippen LogP contribution in [0.25, 0.3) is 0 Å². The quantitative estimate of drug-likeness (QED) is 0.706. The zero-order valence-electron chi connectivity index (χ0n) is 8.99. The Morgan fingerprint density at radius 2 is 1.94 bits per heavy atom. The number of hydrogen-bond donors (Lipinski definition) is 3. The molecule has 1 saturated carbocycles. The van der Waals surface area contributed by atoms with Gasteiger partial charge in [0.15, 0.2) is 0 Å². The molecule has 0 unspecified atom stereocenters. The van der Waals surface area contributed by atoms with Crippen molar-refractivity contribution in [2.75, 3.05) is 0 Å². The van der Waals surface area contributed by atoms with Gasteiger partial charge in [0.1, 0.15) is 5.75 Å². The first-order valence-electron chi connectivity index (χ1n) is 5.47. The highest BCUT2D eigenvalue weighted by atomic mass is 35.5. The summed E-state index contributed by atoms with van der Waals surface area (Å²) in [7, 11) is 0. The van der Waals surface area contributed by atoms with Crippen molar-refractivity contribution < 1.29 is 10.2 Å². The molecule has 3 nitrogen and oxygen atoms in total. The van der Waals surface area contributed by atoms with Crippen LogP contribution in [0.1, 0.15) is 31.2 Å². The van der Waals surface area contributed by atoms with Crippen LogP contribution in [0.5, 0.6) is 5.75 Å². The summed E-state index contributed by atoms with van der Waals surface area (Å²) in [6.07, 6.45) is 2.60. The van der Waals surface area contributed by atoms with Crippen LogP contribution in [0, 0.1) is 0 Å². The summed E-state index contributed by atoms with van der Waals surface area (Å²) in [5, 5.41) is 19.3. The number of rotatable bonds is 1. The normalized spacial score (nSPS) is 30.3. The SMILES string of the molecule is NC1(c2ccc(O)cc2Cl)CCC(O)CC1. The molecule has 1 fully saturated rings. The van der Waals surface area contributed by atoms with Crippen molar-refractivity contribution in [3.63, 3.8) is 0 Å². The number of aliphatic hydroxyl groups excluding tert-OH is 1. The van der Waals surface area contributed by atoms with E-state index in [2.05, 4.69) is 0 Å². The summed E-state index contributed by atoms with van der Waals surface area (Å²) in [4.78, 5) is 0. The lowest BCUT2D eigenvalue weighted by Gasteiger charge is -2.36. The Bertz CT molecular complexity index is 387. The minimum absolute atomic E-state index is 0.146. The summed E-state index contributed by atoms with van der Waals surface area (Å²) in [6, 6.07) is 4.88. The van der Waals surface area contributed by atoms with E-state index in [0.29, 0.717) is 17.9 Å².